The lowest BCUT2D eigenvalue weighted by molar-refractivity contribution is 1.17. The summed E-state index contributed by atoms with van der Waals surface area (Å²) in [5.41, 5.74) is 18.4. The number of aromatic amines is 2. The van der Waals surface area contributed by atoms with Gasteiger partial charge in [-0.05, 0) is 170 Å². The maximum Gasteiger partial charge on any atom is 0.164 e. The number of H-pyrrole nitrogens is 2. The van der Waals surface area contributed by atoms with Crippen molar-refractivity contribution in [2.24, 2.45) is 0 Å². The first-order chi connectivity index (χ1) is 47.5. The Balaban J connectivity index is 0.847. The van der Waals surface area contributed by atoms with Crippen LogP contribution in [0.3, 0.4) is 0 Å². The normalized spacial score (nSPS) is 13.6. The Labute approximate surface area is 566 Å². The highest BCUT2D eigenvalue weighted by Crippen LogP contribution is 2.57. The average molecular weight is 1300 g/mol. The number of aromatic nitrogens is 8. The highest BCUT2D eigenvalue weighted by atomic mass is 32.2. The molecule has 0 radical (unpaired) electrons. The Morgan fingerprint density at radius 2 is 0.438 bits per heavy atom. The molecule has 15 aromatic rings. The minimum Gasteiger partial charge on any atom is -0.324 e. The topological polar surface area (TPSA) is 122 Å². The van der Waals surface area contributed by atoms with Crippen LogP contribution in [0.1, 0.15) is 0 Å². The van der Waals surface area contributed by atoms with Crippen LogP contribution < -0.4 is 19.6 Å². The quantitative estimate of drug-likeness (QED) is 0.174. The third-order valence-corrected chi connectivity index (χ3v) is 23.0. The largest absolute Gasteiger partial charge is 0.324 e. The van der Waals surface area contributed by atoms with Gasteiger partial charge in [-0.3, -0.25) is 0 Å². The minimum absolute atomic E-state index is 0.506. The molecule has 0 spiro atoms. The van der Waals surface area contributed by atoms with Gasteiger partial charge in [0.1, 0.15) is 22.6 Å². The first-order valence-electron chi connectivity index (χ1n) is 31.6. The van der Waals surface area contributed by atoms with Gasteiger partial charge in [0.15, 0.2) is 23.3 Å². The van der Waals surface area contributed by atoms with E-state index in [-0.39, 0.29) is 0 Å². The molecule has 8 bridgehead atoms. The van der Waals surface area contributed by atoms with Crippen LogP contribution in [0.25, 0.3) is 89.7 Å². The van der Waals surface area contributed by atoms with Crippen molar-refractivity contribution in [3.63, 3.8) is 0 Å². The number of anilines is 12. The van der Waals surface area contributed by atoms with E-state index in [1.54, 1.807) is 47.0 Å². The Bertz CT molecular complexity index is 5530. The average Bonchev–Trinajstić information content (AvgIpc) is 1.40. The van der Waals surface area contributed by atoms with E-state index in [9.17, 15) is 0 Å². The van der Waals surface area contributed by atoms with Crippen LogP contribution in [-0.4, -0.2) is 39.9 Å². The van der Waals surface area contributed by atoms with Gasteiger partial charge < -0.3 is 29.6 Å². The molecule has 6 aliphatic heterocycles. The van der Waals surface area contributed by atoms with E-state index in [1.807, 2.05) is 0 Å². The van der Waals surface area contributed by atoms with Gasteiger partial charge in [-0.1, -0.05) is 144 Å². The molecule has 0 saturated heterocycles. The summed E-state index contributed by atoms with van der Waals surface area (Å²) >= 11 is 7.15. The zero-order valence-corrected chi connectivity index (χ0v) is 53.8. The third kappa shape index (κ3) is 8.35. The molecule has 12 nitrogen and oxygen atoms in total. The van der Waals surface area contributed by atoms with E-state index in [1.165, 1.54) is 39.2 Å². The second-order valence-corrected chi connectivity index (χ2v) is 28.4. The summed E-state index contributed by atoms with van der Waals surface area (Å²) in [7, 11) is 0. The zero-order chi connectivity index (χ0) is 62.7. The molecule has 2 N–H and O–H groups in total. The molecular weight excluding hydrogens is 1260 g/mol. The number of para-hydroxylation sites is 8. The second-order valence-electron chi connectivity index (χ2n) is 24.0. The molecule has 96 heavy (non-hydrogen) atoms. The molecule has 0 saturated carbocycles. The van der Waals surface area contributed by atoms with E-state index in [0.29, 0.717) is 45.9 Å². The van der Waals surface area contributed by atoms with Crippen molar-refractivity contribution < 1.29 is 0 Å². The van der Waals surface area contributed by atoms with Crippen LogP contribution in [0.15, 0.2) is 306 Å². The van der Waals surface area contributed by atoms with Crippen molar-refractivity contribution >= 4 is 159 Å². The summed E-state index contributed by atoms with van der Waals surface area (Å²) in [6.45, 7) is 0. The van der Waals surface area contributed by atoms with Crippen LogP contribution in [0, 0.1) is 0 Å². The highest BCUT2D eigenvalue weighted by molar-refractivity contribution is 8.00. The van der Waals surface area contributed by atoms with Crippen LogP contribution in [0.5, 0.6) is 0 Å². The molecule has 450 valence electrons. The molecule has 12 aromatic carbocycles. The lowest BCUT2D eigenvalue weighted by atomic mass is 10.1. The summed E-state index contributed by atoms with van der Waals surface area (Å²) in [5, 5.41) is 3.46. The van der Waals surface area contributed by atoms with Crippen molar-refractivity contribution in [1.29, 1.82) is 0 Å². The van der Waals surface area contributed by atoms with Gasteiger partial charge in [0.25, 0.3) is 0 Å². The van der Waals surface area contributed by atoms with Gasteiger partial charge in [-0.15, -0.1) is 0 Å². The smallest absolute Gasteiger partial charge is 0.164 e. The lowest BCUT2D eigenvalue weighted by Gasteiger charge is -2.33. The molecule has 0 atom stereocenters. The number of fused-ring (bicyclic) bond motifs is 28. The van der Waals surface area contributed by atoms with Gasteiger partial charge >= 0.3 is 0 Å². The lowest BCUT2D eigenvalue weighted by Crippen LogP contribution is -2.14. The minimum atomic E-state index is 0.506. The summed E-state index contributed by atoms with van der Waals surface area (Å²) < 4.78 is 0. The summed E-state index contributed by atoms with van der Waals surface area (Å²) in [6, 6.07) is 95.2. The Kier molecular flexibility index (Phi) is 11.9. The number of benzene rings is 12. The fourth-order valence-corrected chi connectivity index (χ4v) is 18.5. The molecule has 9 heterocycles. The van der Waals surface area contributed by atoms with Crippen molar-refractivity contribution in [1.82, 2.24) is 39.9 Å². The van der Waals surface area contributed by atoms with Crippen LogP contribution in [0.2, 0.25) is 0 Å². The summed E-state index contributed by atoms with van der Waals surface area (Å²) in [4.78, 5) is 60.1. The van der Waals surface area contributed by atoms with Crippen molar-refractivity contribution in [3.05, 3.63) is 267 Å². The van der Waals surface area contributed by atoms with Crippen molar-refractivity contribution in [2.45, 2.75) is 39.2 Å². The number of rotatable bonds is 4. The van der Waals surface area contributed by atoms with E-state index in [4.69, 9.17) is 29.9 Å². The van der Waals surface area contributed by atoms with Gasteiger partial charge in [0.05, 0.1) is 45.5 Å². The first-order valence-corrected chi connectivity index (χ1v) is 34.8. The fourth-order valence-electron chi connectivity index (χ4n) is 14.2. The van der Waals surface area contributed by atoms with E-state index < -0.39 is 0 Å². The molecule has 0 amide bonds. The Morgan fingerprint density at radius 3 is 0.719 bits per heavy atom. The van der Waals surface area contributed by atoms with E-state index >= 15 is 0 Å². The van der Waals surface area contributed by atoms with Crippen LogP contribution in [-0.2, 0) is 0 Å². The maximum atomic E-state index is 5.67. The first kappa shape index (κ1) is 54.0. The predicted molar refractivity (Wildman–Crippen MR) is 391 cm³/mol. The molecule has 21 rings (SSSR count). The molecule has 3 aromatic heterocycles. The number of nitrogens with zero attached hydrogens (tertiary/aromatic N) is 10. The van der Waals surface area contributed by atoms with Crippen molar-refractivity contribution in [2.75, 3.05) is 19.6 Å². The predicted octanol–water partition coefficient (Wildman–Crippen LogP) is 22.6. The van der Waals surface area contributed by atoms with Gasteiger partial charge in [-0.25, -0.2) is 29.9 Å². The highest BCUT2D eigenvalue weighted by Gasteiger charge is 2.33. The molecular formula is C80H46N12S4. The Morgan fingerprint density at radius 1 is 0.208 bits per heavy atom. The monoisotopic (exact) mass is 1300 g/mol. The van der Waals surface area contributed by atoms with E-state index in [2.05, 4.69) is 296 Å². The Hall–Kier alpha value is -11.4. The standard InChI is InChI=1S/C80H46N12S4/c1-9-25-65-57(17-1)89(58-18-2-10-26-66(58)93-65)45-33-37-49-53(41-45)77-81-73(49)86-78-55-43-47(91-61-21-5-13-29-69(61)95-70-30-14-6-22-62(70)91)35-39-51(55)75(83-78)88-80-56-44-48(92-63-23-7-15-31-71(63)96-72-32-16-8-24-64(72)92)36-40-52(56)76(84-80)87-79-54-42-46(34-38-50(54)74(82-79)85-77)90-59-19-3-11-27-67(59)94-68-28-12-4-20-60(68)90/h1-44H,(H2,81,82,83,84,85,86,87,88). The third-order valence-electron chi connectivity index (χ3n) is 18.5. The molecule has 0 aliphatic carbocycles. The summed E-state index contributed by atoms with van der Waals surface area (Å²) in [5.74, 6) is 2.03. The molecule has 0 fully saturated rings. The van der Waals surface area contributed by atoms with E-state index in [0.717, 1.165) is 112 Å². The maximum absolute atomic E-state index is 5.67. The number of hydrogen-bond donors (Lipinski definition) is 2. The van der Waals surface area contributed by atoms with Gasteiger partial charge in [-0.2, -0.15) is 0 Å². The SMILES string of the molecule is c1ccc2c(c1)Sc1ccccc1N2c1ccc2c(c1)-c1nc-2nc2[nH]c(nc3nc(nc4[nH]c(n1)c1ccc(N5c6ccccc6Sc6ccccc65)cc41)-c1ccc(N4c5ccccc5Sc5ccccc54)cc1-3)c1ccc(N3c4ccccc4Sc4ccccc43)cc21. The van der Waals surface area contributed by atoms with Crippen LogP contribution in [0.4, 0.5) is 68.2 Å². The fraction of sp³-hybridized carbons (Fsp3) is 0. The van der Waals surface area contributed by atoms with Gasteiger partial charge in [0, 0.05) is 106 Å². The molecule has 0 unspecified atom stereocenters. The van der Waals surface area contributed by atoms with Gasteiger partial charge in [0.2, 0.25) is 0 Å². The molecule has 16 heteroatoms. The zero-order valence-electron chi connectivity index (χ0n) is 50.5. The van der Waals surface area contributed by atoms with Crippen LogP contribution >= 0.6 is 47.0 Å². The number of hydrogen-bond acceptors (Lipinski definition) is 14. The summed E-state index contributed by atoms with van der Waals surface area (Å²) in [6.07, 6.45) is 0. The van der Waals surface area contributed by atoms with Crippen molar-refractivity contribution in [3.8, 4) is 45.6 Å². The second kappa shape index (κ2) is 21.1. The number of nitrogens with one attached hydrogen (secondary N) is 2. The molecule has 6 aliphatic rings.